The first kappa shape index (κ1) is 22.0. The Balaban J connectivity index is 0.00000280. The number of thioether (sulfide) groups is 1. The monoisotopic (exact) mass is 440 g/mol. The molecule has 1 aliphatic heterocycles. The molecule has 1 aliphatic rings. The summed E-state index contributed by atoms with van der Waals surface area (Å²) in [4.78, 5) is 29.2. The van der Waals surface area contributed by atoms with Gasteiger partial charge in [0.2, 0.25) is 5.91 Å². The van der Waals surface area contributed by atoms with Crippen LogP contribution in [0.2, 0.25) is 5.02 Å². The highest BCUT2D eigenvalue weighted by molar-refractivity contribution is 8.14. The Hall–Kier alpha value is -2.29. The first-order valence-electron chi connectivity index (χ1n) is 8.16. The quantitative estimate of drug-likeness (QED) is 0.535. The number of nitro benzene ring substituents is 1. The molecule has 1 amide bonds. The molecule has 0 radical (unpaired) electrons. The number of benzene rings is 2. The first-order chi connectivity index (χ1) is 12.9. The molecule has 148 valence electrons. The molecule has 7 nitrogen and oxygen atoms in total. The molecule has 1 heterocycles. The van der Waals surface area contributed by atoms with Gasteiger partial charge >= 0.3 is 0 Å². The van der Waals surface area contributed by atoms with Crippen molar-refractivity contribution in [1.29, 1.82) is 0 Å². The third-order valence-electron chi connectivity index (χ3n) is 4.07. The third-order valence-corrected chi connectivity index (χ3v) is 5.51. The Morgan fingerprint density at radius 2 is 2.07 bits per heavy atom. The van der Waals surface area contributed by atoms with Crippen molar-refractivity contribution in [3.05, 3.63) is 63.7 Å². The first-order valence-corrected chi connectivity index (χ1v) is 9.53. The smallest absolute Gasteiger partial charge is 0.271 e. The molecule has 0 spiro atoms. The van der Waals surface area contributed by atoms with Crippen LogP contribution in [-0.2, 0) is 4.79 Å². The van der Waals surface area contributed by atoms with E-state index in [2.05, 4.69) is 10.3 Å². The van der Waals surface area contributed by atoms with Crippen molar-refractivity contribution in [2.75, 3.05) is 18.1 Å². The second kappa shape index (κ2) is 9.77. The lowest BCUT2D eigenvalue weighted by Crippen LogP contribution is -2.33. The predicted molar refractivity (Wildman–Crippen MR) is 116 cm³/mol. The van der Waals surface area contributed by atoms with Crippen molar-refractivity contribution in [3.8, 4) is 0 Å². The zero-order valence-corrected chi connectivity index (χ0v) is 17.3. The van der Waals surface area contributed by atoms with Crippen molar-refractivity contribution < 1.29 is 9.72 Å². The largest absolute Gasteiger partial charge is 0.350 e. The van der Waals surface area contributed by atoms with Gasteiger partial charge in [0, 0.05) is 48.1 Å². The molecule has 0 aliphatic carbocycles. The Morgan fingerprint density at radius 1 is 1.36 bits per heavy atom. The molecule has 0 bridgehead atoms. The number of rotatable bonds is 5. The van der Waals surface area contributed by atoms with Gasteiger partial charge in [-0.1, -0.05) is 29.4 Å². The van der Waals surface area contributed by atoms with Crippen molar-refractivity contribution in [1.82, 2.24) is 4.90 Å². The normalized spacial score (nSPS) is 17.3. The van der Waals surface area contributed by atoms with E-state index in [1.165, 1.54) is 23.9 Å². The molecule has 0 saturated carbocycles. The molecule has 1 saturated heterocycles. The van der Waals surface area contributed by atoms with Crippen LogP contribution < -0.4 is 5.32 Å². The summed E-state index contributed by atoms with van der Waals surface area (Å²) in [5.74, 6) is 0.629. The van der Waals surface area contributed by atoms with Crippen LogP contribution in [0, 0.1) is 10.1 Å². The summed E-state index contributed by atoms with van der Waals surface area (Å²) in [6.45, 7) is 0. The number of nitrogens with zero attached hydrogens (tertiary/aromatic N) is 3. The van der Waals surface area contributed by atoms with Crippen LogP contribution in [0.4, 0.5) is 17.1 Å². The number of aliphatic imine (C=N–C) groups is 1. The van der Waals surface area contributed by atoms with Crippen molar-refractivity contribution in [2.24, 2.45) is 4.99 Å². The van der Waals surface area contributed by atoms with Crippen LogP contribution in [0.1, 0.15) is 6.42 Å². The number of halogens is 2. The minimum atomic E-state index is -0.445. The summed E-state index contributed by atoms with van der Waals surface area (Å²) in [6, 6.07) is 13.1. The number of amides is 1. The minimum absolute atomic E-state index is 0. The molecule has 1 atom stereocenters. The summed E-state index contributed by atoms with van der Waals surface area (Å²) >= 11 is 7.37. The molecular formula is C18H18Cl2N4O3S. The number of hydrogen-bond donors (Lipinski definition) is 1. The zero-order chi connectivity index (χ0) is 19.4. The number of nitro groups is 1. The van der Waals surface area contributed by atoms with E-state index in [0.717, 1.165) is 10.9 Å². The summed E-state index contributed by atoms with van der Waals surface area (Å²) in [6.07, 6.45) is 0.320. The average Bonchev–Trinajstić information content (AvgIpc) is 2.97. The van der Waals surface area contributed by atoms with Gasteiger partial charge in [0.15, 0.2) is 5.17 Å². The SMILES string of the molecule is CN1C(=Nc2cccc([N+](=O)[O-])c2)SCC1CC(=O)Nc1ccc(Cl)cc1.Cl. The number of amidine groups is 1. The fourth-order valence-corrected chi connectivity index (χ4v) is 3.92. The maximum absolute atomic E-state index is 12.3. The Morgan fingerprint density at radius 3 is 2.75 bits per heavy atom. The fourth-order valence-electron chi connectivity index (χ4n) is 2.59. The van der Waals surface area contributed by atoms with Crippen LogP contribution in [0.5, 0.6) is 0 Å². The van der Waals surface area contributed by atoms with Gasteiger partial charge in [0.1, 0.15) is 0 Å². The van der Waals surface area contributed by atoms with Crippen LogP contribution in [-0.4, -0.2) is 39.7 Å². The highest BCUT2D eigenvalue weighted by Crippen LogP contribution is 2.29. The fraction of sp³-hybridized carbons (Fsp3) is 0.222. The lowest BCUT2D eigenvalue weighted by atomic mass is 10.2. The summed E-state index contributed by atoms with van der Waals surface area (Å²) in [5.41, 5.74) is 1.22. The summed E-state index contributed by atoms with van der Waals surface area (Å²) in [5, 5.41) is 15.1. The van der Waals surface area contributed by atoms with Crippen LogP contribution in [0.25, 0.3) is 0 Å². The van der Waals surface area contributed by atoms with E-state index in [9.17, 15) is 14.9 Å². The van der Waals surface area contributed by atoms with E-state index in [0.29, 0.717) is 22.8 Å². The molecule has 1 fully saturated rings. The Labute approximate surface area is 177 Å². The molecule has 28 heavy (non-hydrogen) atoms. The van der Waals surface area contributed by atoms with Crippen molar-refractivity contribution in [2.45, 2.75) is 12.5 Å². The van der Waals surface area contributed by atoms with E-state index in [-0.39, 0.29) is 30.0 Å². The van der Waals surface area contributed by atoms with E-state index in [1.807, 2.05) is 11.9 Å². The number of hydrogen-bond acceptors (Lipinski definition) is 5. The second-order valence-electron chi connectivity index (χ2n) is 6.01. The standard InChI is InChI=1S/C18H17ClN4O3S.ClH/c1-22-16(10-17(24)20-13-7-5-12(19)6-8-13)11-27-18(22)21-14-3-2-4-15(9-14)23(25)26;/h2-9,16H,10-11H2,1H3,(H,20,24);1H. The van der Waals surface area contributed by atoms with E-state index >= 15 is 0 Å². The van der Waals surface area contributed by atoms with Gasteiger partial charge < -0.3 is 10.2 Å². The van der Waals surface area contributed by atoms with Crippen LogP contribution in [0.3, 0.4) is 0 Å². The number of carbonyl (C=O) groups is 1. The van der Waals surface area contributed by atoms with Crippen molar-refractivity contribution >= 4 is 63.9 Å². The van der Waals surface area contributed by atoms with Gasteiger partial charge in [0.05, 0.1) is 10.6 Å². The number of carbonyl (C=O) groups excluding carboxylic acids is 1. The molecule has 3 rings (SSSR count). The molecule has 10 heteroatoms. The lowest BCUT2D eigenvalue weighted by Gasteiger charge is -2.20. The number of anilines is 1. The van der Waals surface area contributed by atoms with Gasteiger partial charge in [-0.25, -0.2) is 4.99 Å². The average molecular weight is 441 g/mol. The number of non-ortho nitro benzene ring substituents is 1. The van der Waals surface area contributed by atoms with Crippen LogP contribution >= 0.6 is 35.8 Å². The van der Waals surface area contributed by atoms with Gasteiger partial charge in [0.25, 0.3) is 5.69 Å². The number of nitrogens with one attached hydrogen (secondary N) is 1. The third kappa shape index (κ3) is 5.60. The highest BCUT2D eigenvalue weighted by atomic mass is 35.5. The Bertz CT molecular complexity index is 893. The predicted octanol–water partition coefficient (Wildman–Crippen LogP) is 4.73. The van der Waals surface area contributed by atoms with E-state index < -0.39 is 4.92 Å². The Kier molecular flexibility index (Phi) is 7.68. The highest BCUT2D eigenvalue weighted by Gasteiger charge is 2.29. The minimum Gasteiger partial charge on any atom is -0.350 e. The molecule has 1 N–H and O–H groups in total. The molecule has 2 aromatic rings. The second-order valence-corrected chi connectivity index (χ2v) is 7.43. The van der Waals surface area contributed by atoms with E-state index in [4.69, 9.17) is 11.6 Å². The molecular weight excluding hydrogens is 423 g/mol. The van der Waals surface area contributed by atoms with E-state index in [1.54, 1.807) is 36.4 Å². The maximum atomic E-state index is 12.3. The van der Waals surface area contributed by atoms with Gasteiger partial charge in [-0.05, 0) is 30.3 Å². The zero-order valence-electron chi connectivity index (χ0n) is 14.9. The topological polar surface area (TPSA) is 87.8 Å². The van der Waals surface area contributed by atoms with Gasteiger partial charge in [-0.15, -0.1) is 12.4 Å². The maximum Gasteiger partial charge on any atom is 0.271 e. The van der Waals surface area contributed by atoms with Gasteiger partial charge in [-0.3, -0.25) is 14.9 Å². The molecule has 1 unspecified atom stereocenters. The summed E-state index contributed by atoms with van der Waals surface area (Å²) < 4.78 is 0. The van der Waals surface area contributed by atoms with Crippen molar-refractivity contribution in [3.63, 3.8) is 0 Å². The van der Waals surface area contributed by atoms with Crippen LogP contribution in [0.15, 0.2) is 53.5 Å². The van der Waals surface area contributed by atoms with Gasteiger partial charge in [-0.2, -0.15) is 0 Å². The summed E-state index contributed by atoms with van der Waals surface area (Å²) in [7, 11) is 1.87. The molecule has 0 aromatic heterocycles. The lowest BCUT2D eigenvalue weighted by molar-refractivity contribution is -0.384. The molecule has 2 aromatic carbocycles.